The summed E-state index contributed by atoms with van der Waals surface area (Å²) in [5.41, 5.74) is 1.13. The van der Waals surface area contributed by atoms with Crippen molar-refractivity contribution in [3.05, 3.63) is 34.9 Å². The van der Waals surface area contributed by atoms with Crippen LogP contribution in [0.4, 0.5) is 0 Å². The standard InChI is InChI=1S/C17H28ClN3O/c1-5-22-16(13(2)3)9-10-20-17(19-4)21-12-14-7-6-8-15(18)11-14/h6-8,11,13,16H,5,9-10,12H2,1-4H3,(H2,19,20,21). The monoisotopic (exact) mass is 325 g/mol. The lowest BCUT2D eigenvalue weighted by Crippen LogP contribution is -2.38. The number of aliphatic imine (C=N–C) groups is 1. The van der Waals surface area contributed by atoms with Crippen molar-refractivity contribution in [1.82, 2.24) is 10.6 Å². The minimum absolute atomic E-state index is 0.281. The van der Waals surface area contributed by atoms with Crippen LogP contribution in [0.15, 0.2) is 29.3 Å². The number of nitrogens with one attached hydrogen (secondary N) is 2. The average molecular weight is 326 g/mol. The third-order valence-electron chi connectivity index (χ3n) is 3.42. The molecule has 5 heteroatoms. The number of guanidine groups is 1. The number of benzene rings is 1. The topological polar surface area (TPSA) is 45.6 Å². The Morgan fingerprint density at radius 1 is 1.32 bits per heavy atom. The van der Waals surface area contributed by atoms with Crippen LogP contribution in [0.2, 0.25) is 5.02 Å². The first-order valence-corrected chi connectivity index (χ1v) is 8.25. The first-order chi connectivity index (χ1) is 10.6. The van der Waals surface area contributed by atoms with E-state index in [9.17, 15) is 0 Å². The molecule has 0 aliphatic carbocycles. The van der Waals surface area contributed by atoms with E-state index in [-0.39, 0.29) is 6.10 Å². The van der Waals surface area contributed by atoms with E-state index in [1.54, 1.807) is 7.05 Å². The summed E-state index contributed by atoms with van der Waals surface area (Å²) in [5, 5.41) is 7.36. The van der Waals surface area contributed by atoms with Gasteiger partial charge in [0.05, 0.1) is 6.10 Å². The first kappa shape index (κ1) is 18.8. The van der Waals surface area contributed by atoms with Crippen molar-refractivity contribution in [2.75, 3.05) is 20.2 Å². The summed E-state index contributed by atoms with van der Waals surface area (Å²) in [6.07, 6.45) is 1.24. The number of halogens is 1. The fraction of sp³-hybridized carbons (Fsp3) is 0.588. The lowest BCUT2D eigenvalue weighted by atomic mass is 10.0. The van der Waals surface area contributed by atoms with E-state index in [2.05, 4.69) is 29.5 Å². The van der Waals surface area contributed by atoms with Crippen LogP contribution in [-0.2, 0) is 11.3 Å². The van der Waals surface area contributed by atoms with Gasteiger partial charge in [-0.15, -0.1) is 0 Å². The SMILES string of the molecule is CCOC(CCNC(=NC)NCc1cccc(Cl)c1)C(C)C. The fourth-order valence-corrected chi connectivity index (χ4v) is 2.42. The molecule has 1 rings (SSSR count). The van der Waals surface area contributed by atoms with Crippen LogP contribution in [-0.4, -0.2) is 32.3 Å². The molecule has 2 N–H and O–H groups in total. The summed E-state index contributed by atoms with van der Waals surface area (Å²) in [5.74, 6) is 1.31. The molecule has 1 aromatic rings. The van der Waals surface area contributed by atoms with Gasteiger partial charge in [0.1, 0.15) is 0 Å². The summed E-state index contributed by atoms with van der Waals surface area (Å²) in [6, 6.07) is 7.81. The van der Waals surface area contributed by atoms with Gasteiger partial charge in [0.25, 0.3) is 0 Å². The molecular weight excluding hydrogens is 298 g/mol. The number of ether oxygens (including phenoxy) is 1. The van der Waals surface area contributed by atoms with Crippen LogP contribution < -0.4 is 10.6 Å². The van der Waals surface area contributed by atoms with Gasteiger partial charge in [-0.3, -0.25) is 4.99 Å². The van der Waals surface area contributed by atoms with Crippen molar-refractivity contribution in [1.29, 1.82) is 0 Å². The average Bonchev–Trinajstić information content (AvgIpc) is 2.49. The van der Waals surface area contributed by atoms with E-state index in [1.807, 2.05) is 31.2 Å². The van der Waals surface area contributed by atoms with Crippen LogP contribution in [0.1, 0.15) is 32.8 Å². The zero-order valence-corrected chi connectivity index (χ0v) is 14.8. The lowest BCUT2D eigenvalue weighted by molar-refractivity contribution is 0.0258. The third-order valence-corrected chi connectivity index (χ3v) is 3.65. The number of hydrogen-bond acceptors (Lipinski definition) is 2. The molecule has 0 spiro atoms. The van der Waals surface area contributed by atoms with Gasteiger partial charge in [-0.1, -0.05) is 37.6 Å². The van der Waals surface area contributed by atoms with Gasteiger partial charge < -0.3 is 15.4 Å². The summed E-state index contributed by atoms with van der Waals surface area (Å²) >= 11 is 5.98. The van der Waals surface area contributed by atoms with Crippen molar-refractivity contribution >= 4 is 17.6 Å². The molecule has 0 aliphatic rings. The quantitative estimate of drug-likeness (QED) is 0.568. The van der Waals surface area contributed by atoms with Crippen LogP contribution in [0, 0.1) is 5.92 Å². The van der Waals surface area contributed by atoms with Crippen molar-refractivity contribution in [2.24, 2.45) is 10.9 Å². The molecule has 1 aromatic carbocycles. The lowest BCUT2D eigenvalue weighted by Gasteiger charge is -2.21. The van der Waals surface area contributed by atoms with E-state index in [0.29, 0.717) is 12.5 Å². The van der Waals surface area contributed by atoms with E-state index in [4.69, 9.17) is 16.3 Å². The largest absolute Gasteiger partial charge is 0.378 e. The molecule has 0 aromatic heterocycles. The fourth-order valence-electron chi connectivity index (χ4n) is 2.21. The van der Waals surface area contributed by atoms with Gasteiger partial charge in [-0.25, -0.2) is 0 Å². The maximum atomic E-state index is 5.98. The van der Waals surface area contributed by atoms with E-state index in [0.717, 1.165) is 36.1 Å². The molecule has 0 amide bonds. The molecule has 4 nitrogen and oxygen atoms in total. The van der Waals surface area contributed by atoms with Gasteiger partial charge >= 0.3 is 0 Å². The first-order valence-electron chi connectivity index (χ1n) is 7.87. The molecule has 22 heavy (non-hydrogen) atoms. The van der Waals surface area contributed by atoms with Crippen molar-refractivity contribution in [3.8, 4) is 0 Å². The molecule has 0 fully saturated rings. The normalized spacial score (nSPS) is 13.3. The molecule has 0 saturated heterocycles. The highest BCUT2D eigenvalue weighted by Crippen LogP contribution is 2.11. The van der Waals surface area contributed by atoms with Crippen LogP contribution in [0.3, 0.4) is 0 Å². The summed E-state index contributed by atoms with van der Waals surface area (Å²) in [4.78, 5) is 4.23. The molecule has 1 unspecified atom stereocenters. The second-order valence-electron chi connectivity index (χ2n) is 5.51. The van der Waals surface area contributed by atoms with Gasteiger partial charge in [0, 0.05) is 31.8 Å². The zero-order chi connectivity index (χ0) is 16.4. The number of nitrogens with zero attached hydrogens (tertiary/aromatic N) is 1. The van der Waals surface area contributed by atoms with Crippen molar-refractivity contribution in [2.45, 2.75) is 39.8 Å². The van der Waals surface area contributed by atoms with Gasteiger partial charge in [0.15, 0.2) is 5.96 Å². The Hall–Kier alpha value is -1.26. The van der Waals surface area contributed by atoms with Crippen LogP contribution >= 0.6 is 11.6 Å². The maximum Gasteiger partial charge on any atom is 0.191 e. The van der Waals surface area contributed by atoms with Crippen LogP contribution in [0.25, 0.3) is 0 Å². The Balaban J connectivity index is 2.36. The summed E-state index contributed by atoms with van der Waals surface area (Å²) in [7, 11) is 1.77. The zero-order valence-electron chi connectivity index (χ0n) is 14.0. The highest BCUT2D eigenvalue weighted by molar-refractivity contribution is 6.30. The minimum Gasteiger partial charge on any atom is -0.378 e. The van der Waals surface area contributed by atoms with E-state index < -0.39 is 0 Å². The summed E-state index contributed by atoms with van der Waals surface area (Å²) in [6.45, 7) is 8.69. The second-order valence-corrected chi connectivity index (χ2v) is 5.95. The maximum absolute atomic E-state index is 5.98. The predicted molar refractivity (Wildman–Crippen MR) is 94.5 cm³/mol. The Bertz CT molecular complexity index is 463. The summed E-state index contributed by atoms with van der Waals surface area (Å²) < 4.78 is 5.75. The highest BCUT2D eigenvalue weighted by Gasteiger charge is 2.12. The van der Waals surface area contributed by atoms with Gasteiger partial charge in [-0.05, 0) is 37.0 Å². The molecule has 0 saturated carbocycles. The molecule has 0 bridgehead atoms. The Morgan fingerprint density at radius 3 is 2.68 bits per heavy atom. The third kappa shape index (κ3) is 7.14. The van der Waals surface area contributed by atoms with Crippen molar-refractivity contribution in [3.63, 3.8) is 0 Å². The molecule has 0 aliphatic heterocycles. The number of rotatable bonds is 8. The van der Waals surface area contributed by atoms with Gasteiger partial charge in [-0.2, -0.15) is 0 Å². The van der Waals surface area contributed by atoms with E-state index in [1.165, 1.54) is 0 Å². The van der Waals surface area contributed by atoms with Crippen LogP contribution in [0.5, 0.6) is 0 Å². The minimum atomic E-state index is 0.281. The molecular formula is C17H28ClN3O. The van der Waals surface area contributed by atoms with E-state index >= 15 is 0 Å². The molecule has 1 atom stereocenters. The Kier molecular flexibility index (Phi) is 8.94. The van der Waals surface area contributed by atoms with Gasteiger partial charge in [0.2, 0.25) is 0 Å². The molecule has 124 valence electrons. The number of hydrogen-bond donors (Lipinski definition) is 2. The molecule has 0 heterocycles. The predicted octanol–water partition coefficient (Wildman–Crippen LogP) is 3.46. The Labute approximate surface area is 139 Å². The Morgan fingerprint density at radius 2 is 2.09 bits per heavy atom. The smallest absolute Gasteiger partial charge is 0.191 e. The highest BCUT2D eigenvalue weighted by atomic mass is 35.5. The molecule has 0 radical (unpaired) electrons. The van der Waals surface area contributed by atoms with Crippen molar-refractivity contribution < 1.29 is 4.74 Å². The second kappa shape index (κ2) is 10.5.